The molecule has 0 atom stereocenters. The zero-order valence-corrected chi connectivity index (χ0v) is 12.6. The van der Waals surface area contributed by atoms with E-state index in [2.05, 4.69) is 0 Å². The molecule has 0 unspecified atom stereocenters. The molecule has 0 fully saturated rings. The fourth-order valence-electron chi connectivity index (χ4n) is 2.44. The largest absolute Gasteiger partial charge is 0.383 e. The van der Waals surface area contributed by atoms with Crippen molar-refractivity contribution < 1.29 is 9.59 Å². The van der Waals surface area contributed by atoms with Gasteiger partial charge in [0.05, 0.1) is 5.41 Å². The van der Waals surface area contributed by atoms with E-state index in [0.717, 1.165) is 11.3 Å². The van der Waals surface area contributed by atoms with Crippen molar-refractivity contribution in [1.82, 2.24) is 4.90 Å². The van der Waals surface area contributed by atoms with Gasteiger partial charge in [-0.3, -0.25) is 9.59 Å². The van der Waals surface area contributed by atoms with E-state index in [1.54, 1.807) is 24.2 Å². The fraction of sp³-hybridized carbons (Fsp3) is 0.375. The van der Waals surface area contributed by atoms with Gasteiger partial charge in [-0.1, -0.05) is 0 Å². The number of nitrogens with zero attached hydrogens (tertiary/aromatic N) is 2. The van der Waals surface area contributed by atoms with E-state index in [1.165, 1.54) is 6.08 Å². The van der Waals surface area contributed by atoms with Gasteiger partial charge in [-0.05, 0) is 37.6 Å². The fourth-order valence-corrected chi connectivity index (χ4v) is 2.44. The molecule has 1 aromatic carbocycles. The van der Waals surface area contributed by atoms with Crippen LogP contribution in [0.4, 0.5) is 5.69 Å². The van der Waals surface area contributed by atoms with Gasteiger partial charge in [-0.25, -0.2) is 0 Å². The van der Waals surface area contributed by atoms with Gasteiger partial charge in [-0.2, -0.15) is 0 Å². The number of amides is 1. The van der Waals surface area contributed by atoms with Crippen molar-refractivity contribution in [2.75, 3.05) is 26.0 Å². The number of allylic oxidation sites excluding steroid dienone is 1. The van der Waals surface area contributed by atoms with Crippen molar-refractivity contribution in [3.63, 3.8) is 0 Å². The van der Waals surface area contributed by atoms with Crippen molar-refractivity contribution in [1.29, 1.82) is 0 Å². The van der Waals surface area contributed by atoms with Crippen molar-refractivity contribution in [2.24, 2.45) is 0 Å². The van der Waals surface area contributed by atoms with E-state index in [9.17, 15) is 9.59 Å². The first-order chi connectivity index (χ1) is 9.25. The van der Waals surface area contributed by atoms with E-state index < -0.39 is 5.41 Å². The van der Waals surface area contributed by atoms with Crippen LogP contribution in [-0.4, -0.2) is 37.7 Å². The Kier molecular flexibility index (Phi) is 3.42. The molecule has 1 aromatic rings. The minimum absolute atomic E-state index is 0.0562. The highest BCUT2D eigenvalue weighted by Gasteiger charge is 2.42. The summed E-state index contributed by atoms with van der Waals surface area (Å²) in [4.78, 5) is 27.8. The summed E-state index contributed by atoms with van der Waals surface area (Å²) < 4.78 is 0. The summed E-state index contributed by atoms with van der Waals surface area (Å²) >= 11 is 0. The number of rotatable bonds is 3. The molecule has 20 heavy (non-hydrogen) atoms. The molecule has 2 rings (SSSR count). The van der Waals surface area contributed by atoms with E-state index >= 15 is 0 Å². The van der Waals surface area contributed by atoms with Crippen LogP contribution in [-0.2, 0) is 10.2 Å². The lowest BCUT2D eigenvalue weighted by Crippen LogP contribution is -2.33. The van der Waals surface area contributed by atoms with Crippen LogP contribution in [0.5, 0.6) is 0 Å². The van der Waals surface area contributed by atoms with Gasteiger partial charge >= 0.3 is 0 Å². The molecule has 0 bridgehead atoms. The molecular weight excluding hydrogens is 252 g/mol. The highest BCUT2D eigenvalue weighted by atomic mass is 16.2. The van der Waals surface area contributed by atoms with Gasteiger partial charge in [0.1, 0.15) is 0 Å². The normalized spacial score (nSPS) is 16.6. The Bertz CT molecular complexity index is 600. The highest BCUT2D eigenvalue weighted by Crippen LogP contribution is 2.41. The highest BCUT2D eigenvalue weighted by molar-refractivity contribution is 6.10. The second-order valence-corrected chi connectivity index (χ2v) is 5.86. The maximum Gasteiger partial charge on any atom is 0.236 e. The van der Waals surface area contributed by atoms with Gasteiger partial charge in [0.15, 0.2) is 5.78 Å². The molecule has 1 amide bonds. The van der Waals surface area contributed by atoms with E-state index in [1.807, 2.05) is 45.0 Å². The van der Waals surface area contributed by atoms with Crippen molar-refractivity contribution in [3.8, 4) is 0 Å². The van der Waals surface area contributed by atoms with Gasteiger partial charge in [0.25, 0.3) is 0 Å². The second-order valence-electron chi connectivity index (χ2n) is 5.86. The molecular formula is C16H20N2O2. The molecule has 0 radical (unpaired) electrons. The Morgan fingerprint density at radius 2 is 1.95 bits per heavy atom. The molecule has 1 aliphatic rings. The Morgan fingerprint density at radius 1 is 1.30 bits per heavy atom. The Balaban J connectivity index is 2.41. The van der Waals surface area contributed by atoms with Crippen LogP contribution in [0.1, 0.15) is 29.8 Å². The van der Waals surface area contributed by atoms with Crippen LogP contribution >= 0.6 is 0 Å². The number of benzene rings is 1. The van der Waals surface area contributed by atoms with Crippen LogP contribution in [0.25, 0.3) is 0 Å². The lowest BCUT2D eigenvalue weighted by atomic mass is 9.85. The summed E-state index contributed by atoms with van der Waals surface area (Å²) in [5.41, 5.74) is 1.83. The molecule has 1 heterocycles. The zero-order valence-electron chi connectivity index (χ0n) is 12.6. The monoisotopic (exact) mass is 272 g/mol. The first-order valence-corrected chi connectivity index (χ1v) is 6.57. The number of hydrogen-bond acceptors (Lipinski definition) is 3. The molecule has 0 saturated heterocycles. The van der Waals surface area contributed by atoms with E-state index in [-0.39, 0.29) is 11.7 Å². The quantitative estimate of drug-likeness (QED) is 0.625. The van der Waals surface area contributed by atoms with Crippen LogP contribution in [0.3, 0.4) is 0 Å². The van der Waals surface area contributed by atoms with Crippen LogP contribution < -0.4 is 4.90 Å². The first-order valence-electron chi connectivity index (χ1n) is 6.57. The Morgan fingerprint density at radius 3 is 2.55 bits per heavy atom. The van der Waals surface area contributed by atoms with Gasteiger partial charge in [-0.15, -0.1) is 0 Å². The molecule has 0 aliphatic carbocycles. The second kappa shape index (κ2) is 4.78. The average molecular weight is 272 g/mol. The molecule has 0 aromatic heterocycles. The summed E-state index contributed by atoms with van der Waals surface area (Å²) in [6.45, 7) is 3.78. The topological polar surface area (TPSA) is 40.6 Å². The molecule has 0 N–H and O–H groups in total. The summed E-state index contributed by atoms with van der Waals surface area (Å²) in [6.07, 6.45) is 3.26. The number of ketones is 1. The number of carbonyl (C=O) groups excluding carboxylic acids is 2. The Labute approximate surface area is 119 Å². The third kappa shape index (κ3) is 2.22. The van der Waals surface area contributed by atoms with Crippen molar-refractivity contribution >= 4 is 17.4 Å². The summed E-state index contributed by atoms with van der Waals surface area (Å²) in [7, 11) is 5.50. The minimum atomic E-state index is -0.578. The predicted octanol–water partition coefficient (Wildman–Crippen LogP) is 2.20. The molecule has 0 saturated carbocycles. The van der Waals surface area contributed by atoms with Crippen molar-refractivity contribution in [2.45, 2.75) is 19.3 Å². The minimum Gasteiger partial charge on any atom is -0.383 e. The number of fused-ring (bicyclic) bond motifs is 1. The van der Waals surface area contributed by atoms with Crippen LogP contribution in [0, 0.1) is 0 Å². The van der Waals surface area contributed by atoms with Crippen LogP contribution in [0.15, 0.2) is 30.5 Å². The SMILES string of the molecule is CN(C)C=CC(=O)c1ccc2c(c1)C(C)(C)C(=O)N2C. The Hall–Kier alpha value is -2.10. The maximum absolute atomic E-state index is 12.2. The summed E-state index contributed by atoms with van der Waals surface area (Å²) in [6, 6.07) is 5.45. The number of anilines is 1. The number of likely N-dealkylation sites (N-methyl/N-ethyl adjacent to an activating group) is 1. The molecule has 4 nitrogen and oxygen atoms in total. The number of hydrogen-bond donors (Lipinski definition) is 0. The molecule has 0 spiro atoms. The van der Waals surface area contributed by atoms with E-state index in [4.69, 9.17) is 0 Å². The van der Waals surface area contributed by atoms with Crippen LogP contribution in [0.2, 0.25) is 0 Å². The third-order valence-corrected chi connectivity index (χ3v) is 3.68. The molecule has 1 aliphatic heterocycles. The van der Waals surface area contributed by atoms with Crippen molar-refractivity contribution in [3.05, 3.63) is 41.6 Å². The lowest BCUT2D eigenvalue weighted by molar-refractivity contribution is -0.121. The average Bonchev–Trinajstić information content (AvgIpc) is 2.57. The third-order valence-electron chi connectivity index (χ3n) is 3.68. The maximum atomic E-state index is 12.2. The van der Waals surface area contributed by atoms with Gasteiger partial charge in [0.2, 0.25) is 5.91 Å². The molecule has 106 valence electrons. The molecule has 4 heteroatoms. The zero-order chi connectivity index (χ0) is 15.1. The standard InChI is InChI=1S/C16H20N2O2/c1-16(2)12-10-11(14(19)8-9-17(3)4)6-7-13(12)18(5)15(16)20/h6-10H,1-5H3. The van der Waals surface area contributed by atoms with Gasteiger partial charge in [0, 0.05) is 44.7 Å². The summed E-state index contributed by atoms with van der Waals surface area (Å²) in [5, 5.41) is 0. The smallest absolute Gasteiger partial charge is 0.236 e. The number of carbonyl (C=O) groups is 2. The van der Waals surface area contributed by atoms with E-state index in [0.29, 0.717) is 5.56 Å². The first kappa shape index (κ1) is 14.3. The lowest BCUT2D eigenvalue weighted by Gasteiger charge is -2.16. The van der Waals surface area contributed by atoms with Gasteiger partial charge < -0.3 is 9.80 Å². The summed E-state index contributed by atoms with van der Waals surface area (Å²) in [5.74, 6) is 0.000217. The predicted molar refractivity (Wildman–Crippen MR) is 80.0 cm³/mol.